The standard InChI is InChI=1S/C18H23N5O2/c1-19-16-9-15(21-18(22-16)13-5-3-7-20-10-13)14-6-4-8-23(11-14)17(24)12-25-2/h3,5,7,9-10,14H,4,6,8,11-12H2,1-2H3,(H,19,21,22)/t14-/m1/s1. The van der Waals surface area contributed by atoms with Crippen molar-refractivity contribution in [3.63, 3.8) is 0 Å². The Kier molecular flexibility index (Phi) is 5.55. The first-order chi connectivity index (χ1) is 12.2. The molecule has 1 fully saturated rings. The van der Waals surface area contributed by atoms with E-state index in [4.69, 9.17) is 9.72 Å². The van der Waals surface area contributed by atoms with Crippen LogP contribution in [-0.4, -0.2) is 59.6 Å². The largest absolute Gasteiger partial charge is 0.375 e. The van der Waals surface area contributed by atoms with Crippen LogP contribution in [-0.2, 0) is 9.53 Å². The fraction of sp³-hybridized carbons (Fsp3) is 0.444. The highest BCUT2D eigenvalue weighted by Crippen LogP contribution is 2.28. The number of hydrogen-bond donors (Lipinski definition) is 1. The van der Waals surface area contributed by atoms with E-state index in [1.165, 1.54) is 0 Å². The Morgan fingerprint density at radius 3 is 3.04 bits per heavy atom. The Balaban J connectivity index is 1.87. The topological polar surface area (TPSA) is 80.2 Å². The summed E-state index contributed by atoms with van der Waals surface area (Å²) < 4.78 is 4.98. The summed E-state index contributed by atoms with van der Waals surface area (Å²) in [5, 5.41) is 3.10. The molecule has 2 aromatic rings. The fourth-order valence-corrected chi connectivity index (χ4v) is 3.09. The summed E-state index contributed by atoms with van der Waals surface area (Å²) in [5.74, 6) is 1.64. The quantitative estimate of drug-likeness (QED) is 0.895. The molecule has 1 saturated heterocycles. The molecule has 3 rings (SSSR count). The number of ether oxygens (including phenoxy) is 1. The summed E-state index contributed by atoms with van der Waals surface area (Å²) in [7, 11) is 3.39. The summed E-state index contributed by atoms with van der Waals surface area (Å²) in [5.41, 5.74) is 1.83. The van der Waals surface area contributed by atoms with Crippen molar-refractivity contribution >= 4 is 11.7 Å². The van der Waals surface area contributed by atoms with Crippen molar-refractivity contribution in [1.82, 2.24) is 19.9 Å². The fourth-order valence-electron chi connectivity index (χ4n) is 3.09. The van der Waals surface area contributed by atoms with Gasteiger partial charge >= 0.3 is 0 Å². The summed E-state index contributed by atoms with van der Waals surface area (Å²) >= 11 is 0. The Labute approximate surface area is 147 Å². The maximum atomic E-state index is 12.1. The van der Waals surface area contributed by atoms with Gasteiger partial charge in [0.05, 0.1) is 5.69 Å². The molecular weight excluding hydrogens is 318 g/mol. The van der Waals surface area contributed by atoms with Gasteiger partial charge in [0.2, 0.25) is 5.91 Å². The third-order valence-electron chi connectivity index (χ3n) is 4.38. The van der Waals surface area contributed by atoms with Crippen molar-refractivity contribution in [3.05, 3.63) is 36.3 Å². The van der Waals surface area contributed by atoms with Crippen LogP contribution in [0.15, 0.2) is 30.6 Å². The van der Waals surface area contributed by atoms with Crippen LogP contribution >= 0.6 is 0 Å². The minimum Gasteiger partial charge on any atom is -0.375 e. The smallest absolute Gasteiger partial charge is 0.248 e. The van der Waals surface area contributed by atoms with Crippen molar-refractivity contribution in [2.75, 3.05) is 39.2 Å². The lowest BCUT2D eigenvalue weighted by Gasteiger charge is -2.32. The second kappa shape index (κ2) is 8.02. The molecule has 132 valence electrons. The van der Waals surface area contributed by atoms with Crippen molar-refractivity contribution in [2.24, 2.45) is 0 Å². The molecule has 1 aliphatic rings. The zero-order chi connectivity index (χ0) is 17.6. The molecule has 7 nitrogen and oxygen atoms in total. The number of likely N-dealkylation sites (tertiary alicyclic amines) is 1. The van der Waals surface area contributed by atoms with Gasteiger partial charge in [-0.15, -0.1) is 0 Å². The molecule has 0 unspecified atom stereocenters. The van der Waals surface area contributed by atoms with Gasteiger partial charge in [0.15, 0.2) is 5.82 Å². The molecule has 0 aromatic carbocycles. The van der Waals surface area contributed by atoms with E-state index >= 15 is 0 Å². The van der Waals surface area contributed by atoms with Gasteiger partial charge in [-0.1, -0.05) is 0 Å². The molecule has 0 radical (unpaired) electrons. The number of amides is 1. The number of carbonyl (C=O) groups is 1. The number of methoxy groups -OCH3 is 1. The molecule has 1 N–H and O–H groups in total. The number of nitrogens with zero attached hydrogens (tertiary/aromatic N) is 4. The van der Waals surface area contributed by atoms with Crippen LogP contribution in [0, 0.1) is 0 Å². The molecule has 7 heteroatoms. The second-order valence-corrected chi connectivity index (χ2v) is 6.11. The molecule has 3 heterocycles. The van der Waals surface area contributed by atoms with Gasteiger partial charge in [0.25, 0.3) is 0 Å². The molecule has 0 bridgehead atoms. The third-order valence-corrected chi connectivity index (χ3v) is 4.38. The predicted octanol–water partition coefficient (Wildman–Crippen LogP) is 1.93. The normalized spacial score (nSPS) is 17.4. The highest BCUT2D eigenvalue weighted by Gasteiger charge is 2.26. The van der Waals surface area contributed by atoms with E-state index in [2.05, 4.69) is 15.3 Å². The van der Waals surface area contributed by atoms with Crippen molar-refractivity contribution in [2.45, 2.75) is 18.8 Å². The average Bonchev–Trinajstić information content (AvgIpc) is 2.68. The van der Waals surface area contributed by atoms with E-state index in [1.807, 2.05) is 30.1 Å². The predicted molar refractivity (Wildman–Crippen MR) is 95.2 cm³/mol. The third kappa shape index (κ3) is 4.11. The van der Waals surface area contributed by atoms with Gasteiger partial charge in [-0.3, -0.25) is 9.78 Å². The van der Waals surface area contributed by atoms with E-state index in [0.717, 1.165) is 36.5 Å². The molecular formula is C18H23N5O2. The van der Waals surface area contributed by atoms with Crippen LogP contribution in [0.1, 0.15) is 24.5 Å². The van der Waals surface area contributed by atoms with Crippen LogP contribution in [0.2, 0.25) is 0 Å². The maximum absolute atomic E-state index is 12.1. The lowest BCUT2D eigenvalue weighted by Crippen LogP contribution is -2.41. The molecule has 1 aliphatic heterocycles. The van der Waals surface area contributed by atoms with Crippen LogP contribution in [0.25, 0.3) is 11.4 Å². The number of carbonyl (C=O) groups excluding carboxylic acids is 1. The minimum absolute atomic E-state index is 0.0302. The number of aromatic nitrogens is 3. The lowest BCUT2D eigenvalue weighted by molar-refractivity contribution is -0.136. The second-order valence-electron chi connectivity index (χ2n) is 6.11. The van der Waals surface area contributed by atoms with Crippen molar-refractivity contribution in [3.8, 4) is 11.4 Å². The zero-order valence-electron chi connectivity index (χ0n) is 14.6. The highest BCUT2D eigenvalue weighted by atomic mass is 16.5. The lowest BCUT2D eigenvalue weighted by atomic mass is 9.94. The van der Waals surface area contributed by atoms with Crippen molar-refractivity contribution < 1.29 is 9.53 Å². The Hall–Kier alpha value is -2.54. The highest BCUT2D eigenvalue weighted by molar-refractivity contribution is 5.77. The van der Waals surface area contributed by atoms with Gasteiger partial charge in [0.1, 0.15) is 12.4 Å². The summed E-state index contributed by atoms with van der Waals surface area (Å²) in [6.07, 6.45) is 5.45. The van der Waals surface area contributed by atoms with Crippen LogP contribution in [0.3, 0.4) is 0 Å². The number of anilines is 1. The van der Waals surface area contributed by atoms with E-state index in [0.29, 0.717) is 12.4 Å². The monoisotopic (exact) mass is 341 g/mol. The Morgan fingerprint density at radius 1 is 1.44 bits per heavy atom. The van der Waals surface area contributed by atoms with Gasteiger partial charge in [-0.2, -0.15) is 0 Å². The number of rotatable bonds is 5. The Bertz CT molecular complexity index is 723. The van der Waals surface area contributed by atoms with Crippen LogP contribution < -0.4 is 5.32 Å². The summed E-state index contributed by atoms with van der Waals surface area (Å²) in [4.78, 5) is 27.4. The molecule has 25 heavy (non-hydrogen) atoms. The number of hydrogen-bond acceptors (Lipinski definition) is 6. The minimum atomic E-state index is 0.0302. The molecule has 0 aliphatic carbocycles. The Morgan fingerprint density at radius 2 is 2.32 bits per heavy atom. The van der Waals surface area contributed by atoms with Gasteiger partial charge in [-0.25, -0.2) is 9.97 Å². The summed E-state index contributed by atoms with van der Waals surface area (Å²) in [6, 6.07) is 5.78. The SMILES string of the molecule is CNc1cc([C@@H]2CCCN(C(=O)COC)C2)nc(-c2cccnc2)n1. The van der Waals surface area contributed by atoms with Crippen LogP contribution in [0.4, 0.5) is 5.82 Å². The molecule has 1 atom stereocenters. The van der Waals surface area contributed by atoms with E-state index in [1.54, 1.807) is 19.5 Å². The first-order valence-electron chi connectivity index (χ1n) is 8.45. The van der Waals surface area contributed by atoms with E-state index in [9.17, 15) is 4.79 Å². The average molecular weight is 341 g/mol. The molecule has 1 amide bonds. The molecule has 2 aromatic heterocycles. The summed E-state index contributed by atoms with van der Waals surface area (Å²) in [6.45, 7) is 1.56. The van der Waals surface area contributed by atoms with E-state index < -0.39 is 0 Å². The van der Waals surface area contributed by atoms with E-state index in [-0.39, 0.29) is 18.4 Å². The number of piperidine rings is 1. The first kappa shape index (κ1) is 17.3. The first-order valence-corrected chi connectivity index (χ1v) is 8.45. The molecule has 0 spiro atoms. The van der Waals surface area contributed by atoms with Crippen LogP contribution in [0.5, 0.6) is 0 Å². The number of nitrogens with one attached hydrogen (secondary N) is 1. The van der Waals surface area contributed by atoms with Gasteiger partial charge in [0, 0.05) is 57.2 Å². The van der Waals surface area contributed by atoms with Gasteiger partial charge in [-0.05, 0) is 25.0 Å². The maximum Gasteiger partial charge on any atom is 0.248 e. The molecule has 0 saturated carbocycles. The van der Waals surface area contributed by atoms with Gasteiger partial charge < -0.3 is 15.0 Å². The zero-order valence-corrected chi connectivity index (χ0v) is 14.6. The van der Waals surface area contributed by atoms with Crippen molar-refractivity contribution in [1.29, 1.82) is 0 Å². The number of pyridine rings is 1.